The van der Waals surface area contributed by atoms with Gasteiger partial charge in [0.25, 0.3) is 5.91 Å². The lowest BCUT2D eigenvalue weighted by Gasteiger charge is -2.37. The van der Waals surface area contributed by atoms with Crippen LogP contribution >= 0.6 is 0 Å². The van der Waals surface area contributed by atoms with Crippen molar-refractivity contribution in [3.8, 4) is 11.5 Å². The van der Waals surface area contributed by atoms with Crippen LogP contribution in [0.5, 0.6) is 11.5 Å². The van der Waals surface area contributed by atoms with Crippen molar-refractivity contribution in [2.75, 3.05) is 14.2 Å². The van der Waals surface area contributed by atoms with E-state index in [1.807, 2.05) is 12.1 Å². The molecule has 1 saturated carbocycles. The largest absolute Gasteiger partial charge is 0.496 e. The SMILES string of the molecule is COc1cc(Cc2ccc(C(=O)N(C(C)C)C3CCCCC3)cc2)c(OC)c2c1C2. The Hall–Kier alpha value is -2.49. The van der Waals surface area contributed by atoms with Gasteiger partial charge in [-0.05, 0) is 50.5 Å². The van der Waals surface area contributed by atoms with E-state index in [0.717, 1.165) is 48.3 Å². The molecule has 0 radical (unpaired) electrons. The van der Waals surface area contributed by atoms with E-state index in [1.54, 1.807) is 14.2 Å². The normalized spacial score (nSPS) is 15.6. The van der Waals surface area contributed by atoms with Crippen LogP contribution in [0.15, 0.2) is 30.3 Å². The number of ether oxygens (including phenoxy) is 2. The van der Waals surface area contributed by atoms with Crippen molar-refractivity contribution in [1.82, 2.24) is 4.90 Å². The Balaban J connectivity index is 1.52. The van der Waals surface area contributed by atoms with Crippen molar-refractivity contribution < 1.29 is 14.3 Å². The van der Waals surface area contributed by atoms with E-state index in [9.17, 15) is 4.79 Å². The molecule has 0 saturated heterocycles. The lowest BCUT2D eigenvalue weighted by molar-refractivity contribution is 0.0555. The average molecular weight is 408 g/mol. The van der Waals surface area contributed by atoms with Crippen LogP contribution in [0.25, 0.3) is 0 Å². The molecule has 0 unspecified atom stereocenters. The summed E-state index contributed by atoms with van der Waals surface area (Å²) in [5, 5.41) is 0. The minimum Gasteiger partial charge on any atom is -0.496 e. The second-order valence-corrected chi connectivity index (χ2v) is 8.88. The summed E-state index contributed by atoms with van der Waals surface area (Å²) in [4.78, 5) is 15.4. The van der Waals surface area contributed by atoms with Gasteiger partial charge in [0.1, 0.15) is 11.5 Å². The molecular weight excluding hydrogens is 374 g/mol. The van der Waals surface area contributed by atoms with E-state index >= 15 is 0 Å². The lowest BCUT2D eigenvalue weighted by Crippen LogP contribution is -2.45. The molecule has 4 heteroatoms. The molecule has 1 fully saturated rings. The van der Waals surface area contributed by atoms with Crippen LogP contribution < -0.4 is 9.47 Å². The second-order valence-electron chi connectivity index (χ2n) is 8.88. The van der Waals surface area contributed by atoms with E-state index in [-0.39, 0.29) is 11.9 Å². The molecule has 4 rings (SSSR count). The number of hydrogen-bond acceptors (Lipinski definition) is 3. The highest BCUT2D eigenvalue weighted by molar-refractivity contribution is 5.94. The number of carbonyl (C=O) groups excluding carboxylic acids is 1. The minimum absolute atomic E-state index is 0.159. The Morgan fingerprint density at radius 1 is 1.03 bits per heavy atom. The number of carbonyl (C=O) groups is 1. The van der Waals surface area contributed by atoms with Crippen LogP contribution in [0, 0.1) is 0 Å². The Labute approximate surface area is 180 Å². The fraction of sp³-hybridized carbons (Fsp3) is 0.500. The highest BCUT2D eigenvalue weighted by atomic mass is 16.5. The van der Waals surface area contributed by atoms with Crippen LogP contribution in [0.4, 0.5) is 0 Å². The first-order valence-electron chi connectivity index (χ1n) is 11.2. The number of nitrogens with zero attached hydrogens (tertiary/aromatic N) is 1. The first-order valence-corrected chi connectivity index (χ1v) is 11.2. The summed E-state index contributed by atoms with van der Waals surface area (Å²) in [6, 6.07) is 10.8. The van der Waals surface area contributed by atoms with Crippen molar-refractivity contribution in [3.05, 3.63) is 58.1 Å². The molecule has 0 bridgehead atoms. The van der Waals surface area contributed by atoms with Gasteiger partial charge in [0, 0.05) is 47.2 Å². The second kappa shape index (κ2) is 8.71. The Morgan fingerprint density at radius 2 is 1.73 bits per heavy atom. The predicted molar refractivity (Wildman–Crippen MR) is 120 cm³/mol. The lowest BCUT2D eigenvalue weighted by atomic mass is 9.92. The third-order valence-corrected chi connectivity index (χ3v) is 6.54. The molecule has 2 aliphatic rings. The van der Waals surface area contributed by atoms with E-state index in [2.05, 4.69) is 36.9 Å². The van der Waals surface area contributed by atoms with Crippen molar-refractivity contribution in [3.63, 3.8) is 0 Å². The van der Waals surface area contributed by atoms with Gasteiger partial charge >= 0.3 is 0 Å². The fourth-order valence-electron chi connectivity index (χ4n) is 4.97. The van der Waals surface area contributed by atoms with Gasteiger partial charge in [-0.3, -0.25) is 4.79 Å². The third-order valence-electron chi connectivity index (χ3n) is 6.54. The first kappa shape index (κ1) is 20.8. The summed E-state index contributed by atoms with van der Waals surface area (Å²) >= 11 is 0. The van der Waals surface area contributed by atoms with Gasteiger partial charge in [0.15, 0.2) is 0 Å². The summed E-state index contributed by atoms with van der Waals surface area (Å²) in [6.45, 7) is 4.26. The van der Waals surface area contributed by atoms with E-state index < -0.39 is 0 Å². The smallest absolute Gasteiger partial charge is 0.254 e. The number of fused-ring (bicyclic) bond motifs is 1. The predicted octanol–water partition coefficient (Wildman–Crippen LogP) is 5.38. The summed E-state index contributed by atoms with van der Waals surface area (Å²) in [5.41, 5.74) is 5.61. The molecule has 0 aromatic heterocycles. The molecule has 2 aromatic carbocycles. The zero-order chi connectivity index (χ0) is 21.3. The molecule has 4 nitrogen and oxygen atoms in total. The highest BCUT2D eigenvalue weighted by Crippen LogP contribution is 2.46. The maximum absolute atomic E-state index is 13.3. The summed E-state index contributed by atoms with van der Waals surface area (Å²) in [6.07, 6.45) is 7.72. The molecule has 160 valence electrons. The maximum Gasteiger partial charge on any atom is 0.254 e. The van der Waals surface area contributed by atoms with E-state index in [4.69, 9.17) is 9.47 Å². The number of hydrogen-bond donors (Lipinski definition) is 0. The van der Waals surface area contributed by atoms with E-state index in [0.29, 0.717) is 6.04 Å². The Morgan fingerprint density at radius 3 is 2.33 bits per heavy atom. The Kier molecular flexibility index (Phi) is 6.03. The van der Waals surface area contributed by atoms with E-state index in [1.165, 1.54) is 36.0 Å². The number of methoxy groups -OCH3 is 2. The maximum atomic E-state index is 13.3. The van der Waals surface area contributed by atoms with Crippen molar-refractivity contribution in [1.29, 1.82) is 0 Å². The Bertz CT molecular complexity index is 911. The van der Waals surface area contributed by atoms with Crippen molar-refractivity contribution in [2.45, 2.75) is 70.9 Å². The van der Waals surface area contributed by atoms with Gasteiger partial charge in [-0.25, -0.2) is 0 Å². The highest BCUT2D eigenvalue weighted by Gasteiger charge is 2.30. The molecule has 0 aliphatic heterocycles. The molecule has 0 N–H and O–H groups in total. The zero-order valence-corrected chi connectivity index (χ0v) is 18.7. The number of amides is 1. The molecule has 0 spiro atoms. The van der Waals surface area contributed by atoms with Crippen LogP contribution in [0.2, 0.25) is 0 Å². The van der Waals surface area contributed by atoms with Gasteiger partial charge in [-0.15, -0.1) is 0 Å². The molecule has 1 amide bonds. The molecule has 2 aromatic rings. The molecule has 0 atom stereocenters. The standard InChI is InChI=1S/C26H33NO3/c1-17(2)27(21-8-6-5-7-9-21)26(28)19-12-10-18(11-13-19)14-20-15-24(29-3)22-16-23(22)25(20)30-4/h10-13,15,17,21H,5-9,14,16H2,1-4H3. The van der Waals surface area contributed by atoms with Crippen LogP contribution in [-0.4, -0.2) is 37.1 Å². The quantitative estimate of drug-likeness (QED) is 0.528. The fourth-order valence-corrected chi connectivity index (χ4v) is 4.97. The molecule has 30 heavy (non-hydrogen) atoms. The van der Waals surface area contributed by atoms with Gasteiger partial charge in [-0.1, -0.05) is 31.4 Å². The van der Waals surface area contributed by atoms with Crippen LogP contribution in [0.3, 0.4) is 0 Å². The minimum atomic E-state index is 0.159. The molecular formula is C26H33NO3. The average Bonchev–Trinajstić information content (AvgIpc) is 3.55. The van der Waals surface area contributed by atoms with Gasteiger partial charge < -0.3 is 14.4 Å². The topological polar surface area (TPSA) is 38.8 Å². The van der Waals surface area contributed by atoms with Crippen molar-refractivity contribution in [2.24, 2.45) is 0 Å². The summed E-state index contributed by atoms with van der Waals surface area (Å²) in [5.74, 6) is 2.09. The van der Waals surface area contributed by atoms with Crippen LogP contribution in [-0.2, 0) is 12.8 Å². The van der Waals surface area contributed by atoms with Crippen LogP contribution in [0.1, 0.15) is 78.6 Å². The van der Waals surface area contributed by atoms with Gasteiger partial charge in [0.2, 0.25) is 0 Å². The summed E-state index contributed by atoms with van der Waals surface area (Å²) in [7, 11) is 3.45. The molecule has 0 heterocycles. The van der Waals surface area contributed by atoms with Crippen molar-refractivity contribution >= 4 is 5.91 Å². The number of benzene rings is 2. The van der Waals surface area contributed by atoms with Gasteiger partial charge in [0.05, 0.1) is 14.2 Å². The zero-order valence-electron chi connectivity index (χ0n) is 18.7. The first-order chi connectivity index (χ1) is 14.5. The number of rotatable bonds is 7. The third kappa shape index (κ3) is 4.05. The van der Waals surface area contributed by atoms with Gasteiger partial charge in [-0.2, -0.15) is 0 Å². The monoisotopic (exact) mass is 407 g/mol. The summed E-state index contributed by atoms with van der Waals surface area (Å²) < 4.78 is 11.2. The molecule has 2 aliphatic carbocycles.